The van der Waals surface area contributed by atoms with Crippen LogP contribution in [0, 0.1) is 13.8 Å². The number of amides is 1. The molecule has 3 rings (SSSR count). The highest BCUT2D eigenvalue weighted by Gasteiger charge is 2.15. The standard InChI is InChI=1S/C19H20N4O2/c1-11(2)19(24)21-17-10-13(4)22-23(17)16-9-12(3)14-7-6-8-15(25-5)18(14)20-16/h6-10H,1H2,2-5H3,(H,21,24). The summed E-state index contributed by atoms with van der Waals surface area (Å²) in [6.45, 7) is 9.20. The van der Waals surface area contributed by atoms with Gasteiger partial charge in [-0.15, -0.1) is 0 Å². The maximum atomic E-state index is 12.0. The average Bonchev–Trinajstić information content (AvgIpc) is 2.94. The van der Waals surface area contributed by atoms with Gasteiger partial charge in [-0.3, -0.25) is 4.79 Å². The van der Waals surface area contributed by atoms with E-state index in [2.05, 4.69) is 17.0 Å². The second-order valence-corrected chi connectivity index (χ2v) is 5.97. The Morgan fingerprint density at radius 3 is 2.72 bits per heavy atom. The molecule has 0 atom stereocenters. The van der Waals surface area contributed by atoms with Gasteiger partial charge in [-0.25, -0.2) is 4.98 Å². The summed E-state index contributed by atoms with van der Waals surface area (Å²) >= 11 is 0. The summed E-state index contributed by atoms with van der Waals surface area (Å²) in [7, 11) is 1.62. The Morgan fingerprint density at radius 2 is 2.04 bits per heavy atom. The topological polar surface area (TPSA) is 69.0 Å². The SMILES string of the molecule is C=C(C)C(=O)Nc1cc(C)nn1-c1cc(C)c2cccc(OC)c2n1. The smallest absolute Gasteiger partial charge is 0.251 e. The van der Waals surface area contributed by atoms with Gasteiger partial charge in [-0.2, -0.15) is 9.78 Å². The van der Waals surface area contributed by atoms with Crippen molar-refractivity contribution in [3.63, 3.8) is 0 Å². The van der Waals surface area contributed by atoms with Gasteiger partial charge in [0.2, 0.25) is 0 Å². The molecule has 0 unspecified atom stereocenters. The molecule has 6 heteroatoms. The fourth-order valence-electron chi connectivity index (χ4n) is 2.63. The zero-order valence-corrected chi connectivity index (χ0v) is 14.8. The average molecular weight is 336 g/mol. The summed E-state index contributed by atoms with van der Waals surface area (Å²) in [5.74, 6) is 1.60. The van der Waals surface area contributed by atoms with E-state index in [4.69, 9.17) is 9.72 Å². The fourth-order valence-corrected chi connectivity index (χ4v) is 2.63. The number of aryl methyl sites for hydroxylation is 2. The molecule has 3 aromatic rings. The van der Waals surface area contributed by atoms with Gasteiger partial charge < -0.3 is 10.1 Å². The van der Waals surface area contributed by atoms with Gasteiger partial charge in [-0.1, -0.05) is 18.7 Å². The van der Waals surface area contributed by atoms with Crippen LogP contribution in [-0.2, 0) is 4.79 Å². The molecular weight excluding hydrogens is 316 g/mol. The number of methoxy groups -OCH3 is 1. The van der Waals surface area contributed by atoms with Crippen molar-refractivity contribution >= 4 is 22.6 Å². The Morgan fingerprint density at radius 1 is 1.28 bits per heavy atom. The highest BCUT2D eigenvalue weighted by Crippen LogP contribution is 2.28. The first-order valence-corrected chi connectivity index (χ1v) is 7.89. The first kappa shape index (κ1) is 16.7. The number of hydrogen-bond acceptors (Lipinski definition) is 4. The largest absolute Gasteiger partial charge is 0.494 e. The van der Waals surface area contributed by atoms with Gasteiger partial charge >= 0.3 is 0 Å². The molecule has 0 saturated carbocycles. The molecule has 0 aliphatic carbocycles. The minimum absolute atomic E-state index is 0.253. The lowest BCUT2D eigenvalue weighted by Crippen LogP contribution is -2.15. The fraction of sp³-hybridized carbons (Fsp3) is 0.211. The van der Waals surface area contributed by atoms with Gasteiger partial charge in [0, 0.05) is 17.0 Å². The summed E-state index contributed by atoms with van der Waals surface area (Å²) in [6, 6.07) is 9.54. The zero-order valence-electron chi connectivity index (χ0n) is 14.8. The van der Waals surface area contributed by atoms with Crippen LogP contribution in [0.5, 0.6) is 5.75 Å². The van der Waals surface area contributed by atoms with Gasteiger partial charge in [0.25, 0.3) is 5.91 Å². The quantitative estimate of drug-likeness (QED) is 0.740. The molecule has 128 valence electrons. The van der Waals surface area contributed by atoms with E-state index in [0.29, 0.717) is 23.0 Å². The minimum Gasteiger partial charge on any atom is -0.494 e. The summed E-state index contributed by atoms with van der Waals surface area (Å²) in [4.78, 5) is 16.7. The van der Waals surface area contributed by atoms with Crippen LogP contribution in [0.1, 0.15) is 18.2 Å². The third-order valence-electron chi connectivity index (χ3n) is 3.89. The number of carbonyl (C=O) groups is 1. The highest BCUT2D eigenvalue weighted by molar-refractivity contribution is 6.02. The normalized spacial score (nSPS) is 10.7. The third kappa shape index (κ3) is 3.10. The lowest BCUT2D eigenvalue weighted by Gasteiger charge is -2.12. The van der Waals surface area contributed by atoms with Crippen molar-refractivity contribution < 1.29 is 9.53 Å². The van der Waals surface area contributed by atoms with Crippen molar-refractivity contribution in [1.29, 1.82) is 0 Å². The number of fused-ring (bicyclic) bond motifs is 1. The van der Waals surface area contributed by atoms with Crippen LogP contribution in [0.4, 0.5) is 5.82 Å². The molecule has 0 fully saturated rings. The number of rotatable bonds is 4. The van der Waals surface area contributed by atoms with Crippen molar-refractivity contribution in [1.82, 2.24) is 14.8 Å². The van der Waals surface area contributed by atoms with Crippen molar-refractivity contribution in [2.24, 2.45) is 0 Å². The second kappa shape index (κ2) is 6.39. The molecule has 6 nitrogen and oxygen atoms in total. The molecule has 0 spiro atoms. The predicted molar refractivity (Wildman–Crippen MR) is 98.3 cm³/mol. The van der Waals surface area contributed by atoms with Crippen LogP contribution in [-0.4, -0.2) is 27.8 Å². The van der Waals surface area contributed by atoms with Gasteiger partial charge in [0.05, 0.1) is 12.8 Å². The molecule has 25 heavy (non-hydrogen) atoms. The van der Waals surface area contributed by atoms with Crippen molar-refractivity contribution in [3.05, 3.63) is 53.7 Å². The van der Waals surface area contributed by atoms with Crippen LogP contribution in [0.25, 0.3) is 16.7 Å². The van der Waals surface area contributed by atoms with Crippen molar-refractivity contribution in [2.75, 3.05) is 12.4 Å². The van der Waals surface area contributed by atoms with E-state index in [1.165, 1.54) is 0 Å². The third-order valence-corrected chi connectivity index (χ3v) is 3.89. The van der Waals surface area contributed by atoms with Crippen LogP contribution in [0.3, 0.4) is 0 Å². The Kier molecular flexibility index (Phi) is 4.27. The number of ether oxygens (including phenoxy) is 1. The second-order valence-electron chi connectivity index (χ2n) is 5.97. The zero-order chi connectivity index (χ0) is 18.1. The van der Waals surface area contributed by atoms with E-state index < -0.39 is 0 Å². The van der Waals surface area contributed by atoms with Gasteiger partial charge in [0.15, 0.2) is 5.82 Å². The van der Waals surface area contributed by atoms with E-state index in [1.807, 2.05) is 38.1 Å². The number of pyridine rings is 1. The minimum atomic E-state index is -0.253. The number of hydrogen-bond donors (Lipinski definition) is 1. The molecule has 2 aromatic heterocycles. The van der Waals surface area contributed by atoms with E-state index in [-0.39, 0.29) is 5.91 Å². The number of carbonyl (C=O) groups excluding carboxylic acids is 1. The molecule has 0 saturated heterocycles. The number of para-hydroxylation sites is 1. The number of anilines is 1. The molecule has 2 heterocycles. The van der Waals surface area contributed by atoms with Crippen molar-refractivity contribution in [3.8, 4) is 11.6 Å². The lowest BCUT2D eigenvalue weighted by atomic mass is 10.1. The highest BCUT2D eigenvalue weighted by atomic mass is 16.5. The molecule has 0 aliphatic heterocycles. The Hall–Kier alpha value is -3.15. The van der Waals surface area contributed by atoms with Gasteiger partial charge in [0.1, 0.15) is 17.1 Å². The van der Waals surface area contributed by atoms with E-state index in [0.717, 1.165) is 22.2 Å². The predicted octanol–water partition coefficient (Wildman–Crippen LogP) is 3.56. The van der Waals surface area contributed by atoms with E-state index in [9.17, 15) is 4.79 Å². The first-order chi connectivity index (χ1) is 11.9. The van der Waals surface area contributed by atoms with Crippen LogP contribution >= 0.6 is 0 Å². The number of aromatic nitrogens is 3. The van der Waals surface area contributed by atoms with Gasteiger partial charge in [-0.05, 0) is 38.5 Å². The van der Waals surface area contributed by atoms with E-state index >= 15 is 0 Å². The number of nitrogens with one attached hydrogen (secondary N) is 1. The summed E-state index contributed by atoms with van der Waals surface area (Å²) in [6.07, 6.45) is 0. The summed E-state index contributed by atoms with van der Waals surface area (Å²) in [5, 5.41) is 8.30. The molecule has 0 bridgehead atoms. The van der Waals surface area contributed by atoms with Crippen molar-refractivity contribution in [2.45, 2.75) is 20.8 Å². The Bertz CT molecular complexity index is 988. The first-order valence-electron chi connectivity index (χ1n) is 7.89. The van der Waals surface area contributed by atoms with Crippen LogP contribution < -0.4 is 10.1 Å². The van der Waals surface area contributed by atoms with Crippen LogP contribution in [0.15, 0.2) is 42.5 Å². The maximum absolute atomic E-state index is 12.0. The number of benzene rings is 1. The van der Waals surface area contributed by atoms with E-state index in [1.54, 1.807) is 24.8 Å². The van der Waals surface area contributed by atoms with Crippen LogP contribution in [0.2, 0.25) is 0 Å². The molecule has 0 radical (unpaired) electrons. The lowest BCUT2D eigenvalue weighted by molar-refractivity contribution is -0.112. The maximum Gasteiger partial charge on any atom is 0.251 e. The summed E-state index contributed by atoms with van der Waals surface area (Å²) in [5.41, 5.74) is 3.00. The molecule has 1 amide bonds. The molecular formula is C19H20N4O2. The number of nitrogens with zero attached hydrogens (tertiary/aromatic N) is 3. The monoisotopic (exact) mass is 336 g/mol. The molecule has 1 aromatic carbocycles. The molecule has 1 N–H and O–H groups in total. The summed E-state index contributed by atoms with van der Waals surface area (Å²) < 4.78 is 7.05. The Labute approximate surface area is 146 Å². The Balaban J connectivity index is 2.17. The molecule has 0 aliphatic rings.